The lowest BCUT2D eigenvalue weighted by molar-refractivity contribution is -0.118. The number of thiocarbonyl (C=S) groups is 1. The number of carbonyl (C=O) groups is 1. The fourth-order valence-electron chi connectivity index (χ4n) is 1.78. The predicted molar refractivity (Wildman–Crippen MR) is 102 cm³/mol. The Bertz CT molecular complexity index is 753. The van der Waals surface area contributed by atoms with Gasteiger partial charge in [0.1, 0.15) is 5.75 Å². The number of carbonyl (C=O) groups excluding carboxylic acids is 1. The van der Waals surface area contributed by atoms with Crippen LogP contribution in [0.3, 0.4) is 0 Å². The van der Waals surface area contributed by atoms with Gasteiger partial charge in [-0.1, -0.05) is 34.1 Å². The molecule has 0 bridgehead atoms. The van der Waals surface area contributed by atoms with E-state index < -0.39 is 0 Å². The van der Waals surface area contributed by atoms with Crippen molar-refractivity contribution in [3.05, 3.63) is 58.6 Å². The van der Waals surface area contributed by atoms with E-state index in [0.717, 1.165) is 4.47 Å². The van der Waals surface area contributed by atoms with Crippen molar-refractivity contribution < 1.29 is 9.53 Å². The molecule has 0 aliphatic carbocycles. The van der Waals surface area contributed by atoms with Gasteiger partial charge in [0, 0.05) is 15.7 Å². The van der Waals surface area contributed by atoms with E-state index in [-0.39, 0.29) is 17.6 Å². The molecule has 4 N–H and O–H groups in total. The quantitative estimate of drug-likeness (QED) is 0.389. The van der Waals surface area contributed by atoms with Gasteiger partial charge < -0.3 is 15.8 Å². The number of hydrazone groups is 1. The number of halogens is 1. The Morgan fingerprint density at radius 1 is 1.29 bits per heavy atom. The lowest BCUT2D eigenvalue weighted by Crippen LogP contribution is -2.24. The summed E-state index contributed by atoms with van der Waals surface area (Å²) in [6, 6.07) is 14.5. The lowest BCUT2D eigenvalue weighted by atomic mass is 10.2. The summed E-state index contributed by atoms with van der Waals surface area (Å²) < 4.78 is 6.42. The van der Waals surface area contributed by atoms with E-state index in [1.807, 2.05) is 24.3 Å². The molecule has 124 valence electrons. The monoisotopic (exact) mass is 406 g/mol. The van der Waals surface area contributed by atoms with Crippen molar-refractivity contribution in [3.8, 4) is 5.75 Å². The van der Waals surface area contributed by atoms with Crippen LogP contribution in [0, 0.1) is 0 Å². The largest absolute Gasteiger partial charge is 0.483 e. The first-order chi connectivity index (χ1) is 11.5. The zero-order chi connectivity index (χ0) is 17.4. The molecule has 0 aliphatic heterocycles. The van der Waals surface area contributed by atoms with Crippen LogP contribution >= 0.6 is 28.1 Å². The minimum absolute atomic E-state index is 0.0611. The van der Waals surface area contributed by atoms with Crippen molar-refractivity contribution in [2.45, 2.75) is 0 Å². The summed E-state index contributed by atoms with van der Waals surface area (Å²) in [6.45, 7) is -0.125. The molecule has 2 aromatic rings. The number of nitrogens with one attached hydrogen (secondary N) is 2. The van der Waals surface area contributed by atoms with Gasteiger partial charge in [-0.05, 0) is 42.5 Å². The van der Waals surface area contributed by atoms with Gasteiger partial charge in [0.05, 0.1) is 6.21 Å². The topological polar surface area (TPSA) is 88.7 Å². The maximum absolute atomic E-state index is 11.9. The Labute approximate surface area is 153 Å². The smallest absolute Gasteiger partial charge is 0.262 e. The molecular formula is C16H15BrN4O2S. The fourth-order valence-corrected chi connectivity index (χ4v) is 2.21. The Balaban J connectivity index is 1.99. The first-order valence-corrected chi connectivity index (χ1v) is 8.10. The van der Waals surface area contributed by atoms with Crippen molar-refractivity contribution in [2.75, 3.05) is 11.9 Å². The van der Waals surface area contributed by atoms with Gasteiger partial charge in [-0.3, -0.25) is 10.2 Å². The average Bonchev–Trinajstić information content (AvgIpc) is 2.54. The normalized spacial score (nSPS) is 10.4. The molecule has 0 fully saturated rings. The highest BCUT2D eigenvalue weighted by Crippen LogP contribution is 2.21. The van der Waals surface area contributed by atoms with Crippen LogP contribution in [0.4, 0.5) is 5.69 Å². The highest BCUT2D eigenvalue weighted by atomic mass is 79.9. The van der Waals surface area contributed by atoms with E-state index >= 15 is 0 Å². The van der Waals surface area contributed by atoms with Crippen LogP contribution in [-0.4, -0.2) is 23.8 Å². The number of nitrogens with two attached hydrogens (primary N) is 1. The Hall–Kier alpha value is -2.45. The minimum Gasteiger partial charge on any atom is -0.483 e. The number of para-hydroxylation sites is 1. The van der Waals surface area contributed by atoms with Gasteiger partial charge in [-0.15, -0.1) is 0 Å². The van der Waals surface area contributed by atoms with Gasteiger partial charge in [-0.25, -0.2) is 0 Å². The van der Waals surface area contributed by atoms with Crippen molar-refractivity contribution in [2.24, 2.45) is 10.8 Å². The second-order valence-corrected chi connectivity index (χ2v) is 5.97. The van der Waals surface area contributed by atoms with Gasteiger partial charge >= 0.3 is 0 Å². The summed E-state index contributed by atoms with van der Waals surface area (Å²) >= 11 is 8.05. The van der Waals surface area contributed by atoms with E-state index in [0.29, 0.717) is 17.0 Å². The lowest BCUT2D eigenvalue weighted by Gasteiger charge is -2.10. The highest BCUT2D eigenvalue weighted by Gasteiger charge is 2.07. The van der Waals surface area contributed by atoms with E-state index in [9.17, 15) is 4.79 Å². The van der Waals surface area contributed by atoms with Gasteiger partial charge in [0.2, 0.25) is 0 Å². The number of amides is 1. The summed E-state index contributed by atoms with van der Waals surface area (Å²) in [5.74, 6) is 0.253. The van der Waals surface area contributed by atoms with Crippen molar-refractivity contribution in [1.29, 1.82) is 0 Å². The third-order valence-corrected chi connectivity index (χ3v) is 3.35. The maximum Gasteiger partial charge on any atom is 0.262 e. The molecule has 0 radical (unpaired) electrons. The second kappa shape index (κ2) is 8.99. The first kappa shape index (κ1) is 17.9. The molecule has 0 aromatic heterocycles. The molecule has 0 saturated carbocycles. The summed E-state index contributed by atoms with van der Waals surface area (Å²) in [6.07, 6.45) is 1.51. The average molecular weight is 407 g/mol. The zero-order valence-electron chi connectivity index (χ0n) is 12.5. The van der Waals surface area contributed by atoms with E-state index in [2.05, 4.69) is 44.0 Å². The van der Waals surface area contributed by atoms with Crippen LogP contribution in [-0.2, 0) is 4.79 Å². The molecule has 6 nitrogen and oxygen atoms in total. The number of rotatable bonds is 6. The van der Waals surface area contributed by atoms with Crippen molar-refractivity contribution in [3.63, 3.8) is 0 Å². The van der Waals surface area contributed by atoms with Crippen LogP contribution in [0.25, 0.3) is 0 Å². The van der Waals surface area contributed by atoms with E-state index in [4.69, 9.17) is 10.5 Å². The number of ether oxygens (including phenoxy) is 1. The molecule has 0 saturated heterocycles. The molecule has 2 aromatic carbocycles. The maximum atomic E-state index is 11.9. The Morgan fingerprint density at radius 3 is 2.75 bits per heavy atom. The number of nitrogens with zero attached hydrogens (tertiary/aromatic N) is 1. The second-order valence-electron chi connectivity index (χ2n) is 4.62. The molecule has 1 amide bonds. The van der Waals surface area contributed by atoms with Crippen LogP contribution in [0.15, 0.2) is 58.1 Å². The molecule has 2 rings (SSSR count). The van der Waals surface area contributed by atoms with E-state index in [1.165, 1.54) is 6.21 Å². The first-order valence-electron chi connectivity index (χ1n) is 6.90. The van der Waals surface area contributed by atoms with Crippen LogP contribution in [0.1, 0.15) is 5.56 Å². The zero-order valence-corrected chi connectivity index (χ0v) is 14.9. The molecule has 0 spiro atoms. The minimum atomic E-state index is -0.256. The molecule has 24 heavy (non-hydrogen) atoms. The third kappa shape index (κ3) is 5.98. The Morgan fingerprint density at radius 2 is 2.04 bits per heavy atom. The van der Waals surface area contributed by atoms with Crippen molar-refractivity contribution >= 4 is 51.1 Å². The predicted octanol–water partition coefficient (Wildman–Crippen LogP) is 2.63. The van der Waals surface area contributed by atoms with Gasteiger partial charge in [-0.2, -0.15) is 5.10 Å². The molecule has 0 atom stereocenters. The number of anilines is 1. The summed E-state index contributed by atoms with van der Waals surface area (Å²) in [7, 11) is 0. The fraction of sp³-hybridized carbons (Fsp3) is 0.0625. The molecule has 0 aliphatic rings. The van der Waals surface area contributed by atoms with Gasteiger partial charge in [0.25, 0.3) is 5.91 Å². The number of hydrogen-bond acceptors (Lipinski definition) is 4. The molecule has 8 heteroatoms. The molecular weight excluding hydrogens is 392 g/mol. The van der Waals surface area contributed by atoms with Crippen LogP contribution in [0.2, 0.25) is 0 Å². The summed E-state index contributed by atoms with van der Waals surface area (Å²) in [5.41, 5.74) is 9.16. The number of benzene rings is 2. The van der Waals surface area contributed by atoms with Crippen LogP contribution < -0.4 is 21.2 Å². The van der Waals surface area contributed by atoms with Crippen molar-refractivity contribution in [1.82, 2.24) is 5.43 Å². The number of hydrogen-bond donors (Lipinski definition) is 3. The molecule has 0 unspecified atom stereocenters. The Kier molecular flexibility index (Phi) is 6.71. The standard InChI is InChI=1S/C16H15BrN4O2S/c17-12-6-7-14(11(8-12)9-19-21-16(18)24)23-10-15(22)20-13-4-2-1-3-5-13/h1-9H,10H2,(H,20,22)(H3,18,21,24)/b19-9-. The van der Waals surface area contributed by atoms with E-state index in [1.54, 1.807) is 24.3 Å². The molecule has 0 heterocycles. The third-order valence-electron chi connectivity index (χ3n) is 2.77. The summed E-state index contributed by atoms with van der Waals surface area (Å²) in [4.78, 5) is 11.9. The van der Waals surface area contributed by atoms with Gasteiger partial charge in [0.15, 0.2) is 11.7 Å². The SMILES string of the molecule is NC(=S)N/N=C\c1cc(Br)ccc1OCC(=O)Nc1ccccc1. The summed E-state index contributed by atoms with van der Waals surface area (Å²) in [5, 5.41) is 6.70. The highest BCUT2D eigenvalue weighted by molar-refractivity contribution is 9.10. The van der Waals surface area contributed by atoms with Crippen LogP contribution in [0.5, 0.6) is 5.75 Å².